The van der Waals surface area contributed by atoms with Crippen molar-refractivity contribution in [1.82, 2.24) is 15.4 Å². The Kier molecular flexibility index (Phi) is 5.12. The zero-order chi connectivity index (χ0) is 21.3. The average Bonchev–Trinajstić information content (AvgIpc) is 3.33. The molecule has 0 aliphatic carbocycles. The monoisotopic (exact) mass is 403 g/mol. The molecule has 0 unspecified atom stereocenters. The average molecular weight is 403 g/mol. The smallest absolute Gasteiger partial charge is 0.274 e. The van der Waals surface area contributed by atoms with Gasteiger partial charge in [-0.15, -0.1) is 0 Å². The summed E-state index contributed by atoms with van der Waals surface area (Å²) in [5.74, 6) is -0.0575. The maximum absolute atomic E-state index is 12.8. The van der Waals surface area contributed by atoms with Crippen molar-refractivity contribution in [2.24, 2.45) is 7.05 Å². The Bertz CT molecular complexity index is 1210. The zero-order valence-corrected chi connectivity index (χ0v) is 16.5. The Hall–Kier alpha value is -3.84. The Balaban J connectivity index is 1.52. The highest BCUT2D eigenvalue weighted by atomic mass is 16.5. The van der Waals surface area contributed by atoms with Gasteiger partial charge in [0, 0.05) is 30.3 Å². The number of amides is 2. The van der Waals surface area contributed by atoms with Crippen LogP contribution < -0.4 is 10.8 Å². The molecule has 2 amide bonds. The number of aromatic nitrogens is 1. The van der Waals surface area contributed by atoms with Crippen molar-refractivity contribution < 1.29 is 19.2 Å². The maximum Gasteiger partial charge on any atom is 0.274 e. The summed E-state index contributed by atoms with van der Waals surface area (Å²) >= 11 is 0. The van der Waals surface area contributed by atoms with Crippen LogP contribution in [0.4, 0.5) is 0 Å². The van der Waals surface area contributed by atoms with Crippen LogP contribution in [0.15, 0.2) is 71.1 Å². The first-order chi connectivity index (χ1) is 14.5. The molecule has 0 saturated heterocycles. The predicted octanol–water partition coefficient (Wildman–Crippen LogP) is 4.05. The van der Waals surface area contributed by atoms with E-state index in [1.807, 2.05) is 54.9 Å². The standard InChI is InChI=1S/C23H21N3O4/c1-14(15-8-10-17(11-9-15)22(27)25-29)24-23(28)19-13-21-18(26(19)2)12-20(30-21)16-6-4-3-5-7-16/h3-14,29H,1-2H3,(H,24,28)(H,25,27)/t14-/m1/s1. The number of carbonyl (C=O) groups excluding carboxylic acids is 2. The van der Waals surface area contributed by atoms with Crippen LogP contribution in [-0.4, -0.2) is 21.6 Å². The summed E-state index contributed by atoms with van der Waals surface area (Å²) in [6.07, 6.45) is 0. The van der Waals surface area contributed by atoms with Crippen LogP contribution >= 0.6 is 0 Å². The molecule has 2 aromatic carbocycles. The quantitative estimate of drug-likeness (QED) is 0.346. The van der Waals surface area contributed by atoms with Crippen LogP contribution in [0, 0.1) is 0 Å². The number of aryl methyl sites for hydroxylation is 1. The first-order valence-corrected chi connectivity index (χ1v) is 9.48. The van der Waals surface area contributed by atoms with E-state index in [1.54, 1.807) is 35.8 Å². The first-order valence-electron chi connectivity index (χ1n) is 9.48. The molecule has 4 aromatic rings. The van der Waals surface area contributed by atoms with Crippen LogP contribution in [0.5, 0.6) is 0 Å². The fourth-order valence-corrected chi connectivity index (χ4v) is 3.42. The Labute approximate surface area is 172 Å². The normalized spacial score (nSPS) is 12.0. The van der Waals surface area contributed by atoms with Crippen molar-refractivity contribution in [3.8, 4) is 11.3 Å². The fraction of sp³-hybridized carbons (Fsp3) is 0.130. The number of fused-ring (bicyclic) bond motifs is 1. The summed E-state index contributed by atoms with van der Waals surface area (Å²) in [6.45, 7) is 1.86. The number of nitrogens with zero attached hydrogens (tertiary/aromatic N) is 1. The van der Waals surface area contributed by atoms with Gasteiger partial charge < -0.3 is 14.3 Å². The van der Waals surface area contributed by atoms with Gasteiger partial charge in [-0.05, 0) is 24.6 Å². The van der Waals surface area contributed by atoms with Crippen molar-refractivity contribution in [2.75, 3.05) is 0 Å². The van der Waals surface area contributed by atoms with E-state index in [0.717, 1.165) is 22.4 Å². The highest BCUT2D eigenvalue weighted by molar-refractivity contribution is 5.98. The molecule has 3 N–H and O–H groups in total. The van der Waals surface area contributed by atoms with Gasteiger partial charge in [-0.25, -0.2) is 5.48 Å². The molecule has 0 aliphatic rings. The summed E-state index contributed by atoms with van der Waals surface area (Å²) < 4.78 is 7.75. The van der Waals surface area contributed by atoms with E-state index in [1.165, 1.54) is 0 Å². The van der Waals surface area contributed by atoms with Crippen LogP contribution in [0.2, 0.25) is 0 Å². The minimum absolute atomic E-state index is 0.227. The van der Waals surface area contributed by atoms with E-state index >= 15 is 0 Å². The van der Waals surface area contributed by atoms with Gasteiger partial charge in [0.05, 0.1) is 11.6 Å². The molecule has 30 heavy (non-hydrogen) atoms. The number of carbonyl (C=O) groups is 2. The predicted molar refractivity (Wildman–Crippen MR) is 112 cm³/mol. The Morgan fingerprint density at radius 3 is 2.33 bits per heavy atom. The maximum atomic E-state index is 12.8. The highest BCUT2D eigenvalue weighted by Crippen LogP contribution is 2.29. The topological polar surface area (TPSA) is 96.5 Å². The lowest BCUT2D eigenvalue weighted by Crippen LogP contribution is -2.28. The second-order valence-electron chi connectivity index (χ2n) is 7.07. The summed E-state index contributed by atoms with van der Waals surface area (Å²) in [4.78, 5) is 24.2. The Morgan fingerprint density at radius 2 is 1.70 bits per heavy atom. The van der Waals surface area contributed by atoms with Crippen molar-refractivity contribution >= 4 is 22.9 Å². The molecule has 0 aliphatic heterocycles. The summed E-state index contributed by atoms with van der Waals surface area (Å²) in [5, 5.41) is 11.7. The molecule has 0 spiro atoms. The van der Waals surface area contributed by atoms with Gasteiger partial charge in [0.15, 0.2) is 5.58 Å². The molecule has 152 valence electrons. The van der Waals surface area contributed by atoms with Gasteiger partial charge >= 0.3 is 0 Å². The molecule has 7 nitrogen and oxygen atoms in total. The molecule has 0 saturated carbocycles. The third-order valence-corrected chi connectivity index (χ3v) is 5.14. The molecule has 7 heteroatoms. The van der Waals surface area contributed by atoms with Crippen molar-refractivity contribution in [2.45, 2.75) is 13.0 Å². The number of benzene rings is 2. The molecule has 0 fully saturated rings. The Morgan fingerprint density at radius 1 is 1.00 bits per heavy atom. The zero-order valence-electron chi connectivity index (χ0n) is 16.5. The van der Waals surface area contributed by atoms with E-state index in [0.29, 0.717) is 16.8 Å². The lowest BCUT2D eigenvalue weighted by atomic mass is 10.1. The molecule has 1 atom stereocenters. The van der Waals surface area contributed by atoms with Crippen LogP contribution in [0.25, 0.3) is 22.4 Å². The second kappa shape index (κ2) is 7.88. The molecule has 0 bridgehead atoms. The van der Waals surface area contributed by atoms with E-state index in [2.05, 4.69) is 5.32 Å². The molecular weight excluding hydrogens is 382 g/mol. The lowest BCUT2D eigenvalue weighted by Gasteiger charge is -2.15. The first kappa shape index (κ1) is 19.5. The van der Waals surface area contributed by atoms with E-state index in [9.17, 15) is 9.59 Å². The van der Waals surface area contributed by atoms with E-state index in [-0.39, 0.29) is 11.9 Å². The number of hydrogen-bond donors (Lipinski definition) is 3. The van der Waals surface area contributed by atoms with Gasteiger partial charge in [0.1, 0.15) is 11.5 Å². The number of hydroxylamine groups is 1. The SMILES string of the molecule is C[C@@H](NC(=O)c1cc2oc(-c3ccccc3)cc2n1C)c1ccc(C(=O)NO)cc1. The molecule has 4 rings (SSSR count). The minimum Gasteiger partial charge on any atom is -0.454 e. The number of hydrogen-bond acceptors (Lipinski definition) is 4. The van der Waals surface area contributed by atoms with Gasteiger partial charge in [0.2, 0.25) is 0 Å². The summed E-state index contributed by atoms with van der Waals surface area (Å²) in [5.41, 5.74) is 5.72. The van der Waals surface area contributed by atoms with Crippen LogP contribution in [0.3, 0.4) is 0 Å². The van der Waals surface area contributed by atoms with Crippen molar-refractivity contribution in [3.63, 3.8) is 0 Å². The number of nitrogens with one attached hydrogen (secondary N) is 2. The largest absolute Gasteiger partial charge is 0.454 e. The molecular formula is C23H21N3O4. The number of furan rings is 1. The molecule has 2 aromatic heterocycles. The summed E-state index contributed by atoms with van der Waals surface area (Å²) in [7, 11) is 1.83. The fourth-order valence-electron chi connectivity index (χ4n) is 3.42. The van der Waals surface area contributed by atoms with Gasteiger partial charge in [-0.2, -0.15) is 0 Å². The van der Waals surface area contributed by atoms with Crippen LogP contribution in [0.1, 0.15) is 39.4 Å². The van der Waals surface area contributed by atoms with Crippen LogP contribution in [-0.2, 0) is 7.05 Å². The third-order valence-electron chi connectivity index (χ3n) is 5.14. The minimum atomic E-state index is -0.584. The van der Waals surface area contributed by atoms with Crippen molar-refractivity contribution in [1.29, 1.82) is 0 Å². The molecule has 0 radical (unpaired) electrons. The second-order valence-corrected chi connectivity index (χ2v) is 7.07. The highest BCUT2D eigenvalue weighted by Gasteiger charge is 2.19. The van der Waals surface area contributed by atoms with E-state index in [4.69, 9.17) is 9.62 Å². The molecule has 2 heterocycles. The van der Waals surface area contributed by atoms with E-state index < -0.39 is 5.91 Å². The van der Waals surface area contributed by atoms with Crippen molar-refractivity contribution in [3.05, 3.63) is 83.6 Å². The lowest BCUT2D eigenvalue weighted by molar-refractivity contribution is 0.0706. The van der Waals surface area contributed by atoms with Gasteiger partial charge in [0.25, 0.3) is 11.8 Å². The summed E-state index contributed by atoms with van der Waals surface area (Å²) in [6, 6.07) is 19.8. The van der Waals surface area contributed by atoms with Gasteiger partial charge in [-0.1, -0.05) is 42.5 Å². The number of rotatable bonds is 5. The van der Waals surface area contributed by atoms with Gasteiger partial charge in [-0.3, -0.25) is 14.8 Å². The third kappa shape index (κ3) is 3.58.